The van der Waals surface area contributed by atoms with E-state index >= 15 is 0 Å². The molecule has 0 spiro atoms. The molecule has 2 amide bonds. The van der Waals surface area contributed by atoms with Crippen molar-refractivity contribution in [1.29, 1.82) is 0 Å². The van der Waals surface area contributed by atoms with Crippen LogP contribution >= 0.6 is 22.9 Å². The number of halogens is 1. The number of carbonyl (C=O) groups is 2. The minimum Gasteiger partial charge on any atom is -0.489 e. The van der Waals surface area contributed by atoms with Crippen LogP contribution in [0.5, 0.6) is 11.5 Å². The fourth-order valence-electron chi connectivity index (χ4n) is 2.84. The summed E-state index contributed by atoms with van der Waals surface area (Å²) in [5.41, 5.74) is 1.48. The van der Waals surface area contributed by atoms with Gasteiger partial charge in [0.1, 0.15) is 0 Å². The number of thiophene rings is 1. The average molecular weight is 429 g/mol. The number of nitrogens with one attached hydrogen (secondary N) is 2. The number of carbonyl (C=O) groups excluding carboxylic acids is 2. The molecule has 29 heavy (non-hydrogen) atoms. The number of benzene rings is 2. The van der Waals surface area contributed by atoms with Gasteiger partial charge in [-0.1, -0.05) is 23.7 Å². The van der Waals surface area contributed by atoms with Crippen LogP contribution in [0.15, 0.2) is 53.9 Å². The maximum absolute atomic E-state index is 12.7. The van der Waals surface area contributed by atoms with Gasteiger partial charge in [0.2, 0.25) is 0 Å². The van der Waals surface area contributed by atoms with Gasteiger partial charge in [0.25, 0.3) is 11.8 Å². The molecule has 0 unspecified atom stereocenters. The van der Waals surface area contributed by atoms with Crippen molar-refractivity contribution in [3.63, 3.8) is 0 Å². The monoisotopic (exact) mass is 428 g/mol. The van der Waals surface area contributed by atoms with Crippen molar-refractivity contribution in [1.82, 2.24) is 0 Å². The van der Waals surface area contributed by atoms with E-state index in [1.807, 2.05) is 11.4 Å². The molecule has 2 heterocycles. The van der Waals surface area contributed by atoms with E-state index < -0.39 is 0 Å². The Hall–Kier alpha value is -3.03. The highest BCUT2D eigenvalue weighted by molar-refractivity contribution is 7.12. The van der Waals surface area contributed by atoms with Crippen LogP contribution in [-0.4, -0.2) is 25.0 Å². The first-order valence-corrected chi connectivity index (χ1v) is 10.2. The van der Waals surface area contributed by atoms with Crippen molar-refractivity contribution in [3.8, 4) is 11.5 Å². The Balaban J connectivity index is 1.49. The molecule has 1 aliphatic heterocycles. The van der Waals surface area contributed by atoms with Crippen LogP contribution in [0.25, 0.3) is 0 Å². The molecule has 1 aromatic heterocycles. The Morgan fingerprint density at radius 3 is 2.45 bits per heavy atom. The zero-order valence-electron chi connectivity index (χ0n) is 15.2. The lowest BCUT2D eigenvalue weighted by molar-refractivity contribution is 0.102. The Morgan fingerprint density at radius 2 is 1.69 bits per heavy atom. The van der Waals surface area contributed by atoms with Gasteiger partial charge in [-0.2, -0.15) is 0 Å². The average Bonchev–Trinajstić information content (AvgIpc) is 3.14. The van der Waals surface area contributed by atoms with Crippen LogP contribution in [0.2, 0.25) is 5.02 Å². The smallest absolute Gasteiger partial charge is 0.265 e. The van der Waals surface area contributed by atoms with Crippen LogP contribution < -0.4 is 20.1 Å². The van der Waals surface area contributed by atoms with Crippen molar-refractivity contribution in [2.24, 2.45) is 0 Å². The summed E-state index contributed by atoms with van der Waals surface area (Å²) < 4.78 is 11.2. The molecule has 6 nitrogen and oxygen atoms in total. The number of hydrogen-bond acceptors (Lipinski definition) is 5. The first kappa shape index (κ1) is 19.3. The minimum atomic E-state index is -0.343. The Bertz CT molecular complexity index is 1050. The molecule has 1 aliphatic rings. The fourth-order valence-corrected chi connectivity index (χ4v) is 3.72. The van der Waals surface area contributed by atoms with Gasteiger partial charge in [-0.3, -0.25) is 9.59 Å². The summed E-state index contributed by atoms with van der Waals surface area (Å²) in [7, 11) is 0. The molecule has 2 aromatic carbocycles. The van der Waals surface area contributed by atoms with Crippen LogP contribution in [0.4, 0.5) is 11.4 Å². The number of fused-ring (bicyclic) bond motifs is 1. The number of hydrogen-bond donors (Lipinski definition) is 2. The zero-order valence-corrected chi connectivity index (χ0v) is 16.8. The molecular weight excluding hydrogens is 412 g/mol. The second kappa shape index (κ2) is 8.55. The third-order valence-corrected chi connectivity index (χ3v) is 5.34. The Kier molecular flexibility index (Phi) is 5.69. The SMILES string of the molecule is O=C(Nc1cccc(NC(=O)c2cccs2)c1)c1cc(Cl)c2c(c1)OCCCO2. The molecule has 0 saturated carbocycles. The first-order valence-electron chi connectivity index (χ1n) is 8.95. The minimum absolute atomic E-state index is 0.196. The molecular formula is C21H17ClN2O4S. The summed E-state index contributed by atoms with van der Waals surface area (Å²) >= 11 is 7.63. The molecule has 148 valence electrons. The van der Waals surface area contributed by atoms with Gasteiger partial charge in [-0.25, -0.2) is 0 Å². The van der Waals surface area contributed by atoms with E-state index in [1.54, 1.807) is 42.5 Å². The third-order valence-electron chi connectivity index (χ3n) is 4.19. The molecule has 0 bridgehead atoms. The lowest BCUT2D eigenvalue weighted by Gasteiger charge is -2.12. The lowest BCUT2D eigenvalue weighted by Crippen LogP contribution is -2.13. The summed E-state index contributed by atoms with van der Waals surface area (Å²) in [4.78, 5) is 25.5. The van der Waals surface area contributed by atoms with Crippen molar-refractivity contribution in [3.05, 3.63) is 69.4 Å². The molecule has 8 heteroatoms. The number of amides is 2. The van der Waals surface area contributed by atoms with Gasteiger partial charge in [0.15, 0.2) is 11.5 Å². The molecule has 0 atom stereocenters. The van der Waals surface area contributed by atoms with E-state index in [0.717, 1.165) is 6.42 Å². The van der Waals surface area contributed by atoms with Crippen LogP contribution in [0.3, 0.4) is 0 Å². The highest BCUT2D eigenvalue weighted by Crippen LogP contribution is 2.38. The Morgan fingerprint density at radius 1 is 0.931 bits per heavy atom. The van der Waals surface area contributed by atoms with Gasteiger partial charge >= 0.3 is 0 Å². The van der Waals surface area contributed by atoms with Crippen molar-refractivity contribution in [2.75, 3.05) is 23.8 Å². The van der Waals surface area contributed by atoms with E-state index in [1.165, 1.54) is 11.3 Å². The van der Waals surface area contributed by atoms with Gasteiger partial charge in [-0.15, -0.1) is 11.3 Å². The van der Waals surface area contributed by atoms with Crippen molar-refractivity contribution < 1.29 is 19.1 Å². The summed E-state index contributed by atoms with van der Waals surface area (Å²) in [6.07, 6.45) is 0.747. The molecule has 0 radical (unpaired) electrons. The van der Waals surface area contributed by atoms with Gasteiger partial charge in [0.05, 0.1) is 23.1 Å². The topological polar surface area (TPSA) is 76.7 Å². The summed E-state index contributed by atoms with van der Waals surface area (Å²) in [5, 5.41) is 7.80. The van der Waals surface area contributed by atoms with E-state index in [-0.39, 0.29) is 11.8 Å². The van der Waals surface area contributed by atoms with Crippen LogP contribution in [0.1, 0.15) is 26.5 Å². The zero-order chi connectivity index (χ0) is 20.2. The second-order valence-corrected chi connectivity index (χ2v) is 7.66. The summed E-state index contributed by atoms with van der Waals surface area (Å²) in [5.74, 6) is 0.374. The van der Waals surface area contributed by atoms with Crippen molar-refractivity contribution in [2.45, 2.75) is 6.42 Å². The fraction of sp³-hybridized carbons (Fsp3) is 0.143. The molecule has 3 aromatic rings. The summed E-state index contributed by atoms with van der Waals surface area (Å²) in [6.45, 7) is 1.02. The highest BCUT2D eigenvalue weighted by Gasteiger charge is 2.18. The summed E-state index contributed by atoms with van der Waals surface area (Å²) in [6, 6.07) is 13.7. The van der Waals surface area contributed by atoms with Gasteiger partial charge in [-0.05, 0) is 41.8 Å². The predicted molar refractivity (Wildman–Crippen MR) is 114 cm³/mol. The molecule has 0 aliphatic carbocycles. The number of ether oxygens (including phenoxy) is 2. The lowest BCUT2D eigenvalue weighted by atomic mass is 10.1. The van der Waals surface area contributed by atoms with Crippen molar-refractivity contribution >= 4 is 46.1 Å². The van der Waals surface area contributed by atoms with Gasteiger partial charge in [0, 0.05) is 23.4 Å². The normalized spacial score (nSPS) is 12.7. The quantitative estimate of drug-likeness (QED) is 0.608. The number of rotatable bonds is 4. The van der Waals surface area contributed by atoms with Crippen LogP contribution in [0, 0.1) is 0 Å². The number of anilines is 2. The molecule has 4 rings (SSSR count). The molecule has 0 saturated heterocycles. The largest absolute Gasteiger partial charge is 0.489 e. The molecule has 0 fully saturated rings. The maximum Gasteiger partial charge on any atom is 0.265 e. The second-order valence-electron chi connectivity index (χ2n) is 6.30. The van der Waals surface area contributed by atoms with E-state index in [2.05, 4.69) is 10.6 Å². The Labute approximate surface area is 176 Å². The van der Waals surface area contributed by atoms with Crippen LogP contribution in [-0.2, 0) is 0 Å². The molecule has 2 N–H and O–H groups in total. The van der Waals surface area contributed by atoms with E-state index in [9.17, 15) is 9.59 Å². The highest BCUT2D eigenvalue weighted by atomic mass is 35.5. The first-order chi connectivity index (χ1) is 14.1. The van der Waals surface area contributed by atoms with Gasteiger partial charge < -0.3 is 20.1 Å². The maximum atomic E-state index is 12.7. The van der Waals surface area contributed by atoms with E-state index in [0.29, 0.717) is 51.6 Å². The standard InChI is InChI=1S/C21H17ClN2O4S/c22-16-10-13(11-17-19(16)28-8-3-7-27-17)20(25)23-14-4-1-5-15(12-14)24-21(26)18-6-2-9-29-18/h1-2,4-6,9-12H,3,7-8H2,(H,23,25)(H,24,26). The third kappa shape index (κ3) is 4.52. The predicted octanol–water partition coefficient (Wildman–Crippen LogP) is 5.07. The van der Waals surface area contributed by atoms with E-state index in [4.69, 9.17) is 21.1 Å².